The average molecular weight is 330 g/mol. The Morgan fingerprint density at radius 2 is 1.55 bits per heavy atom. The lowest BCUT2D eigenvalue weighted by atomic mass is 10.1. The van der Waals surface area contributed by atoms with Crippen molar-refractivity contribution in [1.29, 1.82) is 0 Å². The van der Waals surface area contributed by atoms with Crippen LogP contribution in [0.5, 0.6) is 5.75 Å². The van der Waals surface area contributed by atoms with E-state index in [0.29, 0.717) is 26.4 Å². The summed E-state index contributed by atoms with van der Waals surface area (Å²) < 4.78 is 5.38. The van der Waals surface area contributed by atoms with Crippen LogP contribution in [0, 0.1) is 0 Å². The van der Waals surface area contributed by atoms with Gasteiger partial charge in [-0.15, -0.1) is 0 Å². The van der Waals surface area contributed by atoms with E-state index in [9.17, 15) is 4.79 Å². The van der Waals surface area contributed by atoms with Gasteiger partial charge in [0.1, 0.15) is 12.4 Å². The predicted octanol–water partition coefficient (Wildman–Crippen LogP) is 4.84. The first-order valence-electron chi connectivity index (χ1n) is 5.89. The smallest absolute Gasteiger partial charge is 0.174 e. The lowest BCUT2D eigenvalue weighted by molar-refractivity contribution is -0.120. The fourth-order valence-corrected chi connectivity index (χ4v) is 2.30. The van der Waals surface area contributed by atoms with Gasteiger partial charge in [-0.3, -0.25) is 4.79 Å². The monoisotopic (exact) mass is 328 g/mol. The van der Waals surface area contributed by atoms with Crippen LogP contribution in [0.1, 0.15) is 5.56 Å². The molecule has 0 amide bonds. The summed E-state index contributed by atoms with van der Waals surface area (Å²) in [6.07, 6.45) is 0.145. The Morgan fingerprint density at radius 1 is 0.950 bits per heavy atom. The lowest BCUT2D eigenvalue weighted by Crippen LogP contribution is -2.14. The van der Waals surface area contributed by atoms with E-state index in [0.717, 1.165) is 0 Å². The van der Waals surface area contributed by atoms with E-state index in [2.05, 4.69) is 0 Å². The highest BCUT2D eigenvalue weighted by atomic mass is 35.5. The zero-order chi connectivity index (χ0) is 14.5. The van der Waals surface area contributed by atoms with Crippen molar-refractivity contribution in [3.63, 3.8) is 0 Å². The fourth-order valence-electron chi connectivity index (χ4n) is 1.64. The number of carbonyl (C=O) groups excluding carboxylic acids is 1. The van der Waals surface area contributed by atoms with E-state index in [1.54, 1.807) is 42.5 Å². The molecule has 0 aromatic heterocycles. The number of rotatable bonds is 5. The molecule has 2 rings (SSSR count). The molecule has 2 aromatic carbocycles. The van der Waals surface area contributed by atoms with Crippen molar-refractivity contribution in [1.82, 2.24) is 0 Å². The molecule has 0 N–H and O–H groups in total. The second-order valence-corrected chi connectivity index (χ2v) is 5.41. The minimum atomic E-state index is -0.102. The number of Topliss-reactive ketones (excluding diaryl/α,β-unsaturated/α-hetero) is 1. The SMILES string of the molecule is O=C(COc1ccc(Cl)cc1)Cc1c(Cl)cccc1Cl. The Kier molecular flexibility index (Phi) is 5.30. The molecule has 0 spiro atoms. The van der Waals surface area contributed by atoms with Crippen molar-refractivity contribution in [3.8, 4) is 5.75 Å². The van der Waals surface area contributed by atoms with Crippen molar-refractivity contribution in [2.24, 2.45) is 0 Å². The van der Waals surface area contributed by atoms with Gasteiger partial charge in [0.05, 0.1) is 0 Å². The molecular formula is C15H11Cl3O2. The molecule has 2 aromatic rings. The molecule has 0 saturated heterocycles. The summed E-state index contributed by atoms with van der Waals surface area (Å²) in [5.74, 6) is 0.489. The molecule has 0 aliphatic heterocycles. The summed E-state index contributed by atoms with van der Waals surface area (Å²) in [5, 5.41) is 1.58. The first-order valence-corrected chi connectivity index (χ1v) is 7.02. The minimum Gasteiger partial charge on any atom is -0.486 e. The van der Waals surface area contributed by atoms with Crippen molar-refractivity contribution >= 4 is 40.6 Å². The average Bonchev–Trinajstić information content (AvgIpc) is 2.42. The zero-order valence-electron chi connectivity index (χ0n) is 10.4. The van der Waals surface area contributed by atoms with Crippen molar-refractivity contribution in [2.75, 3.05) is 6.61 Å². The largest absolute Gasteiger partial charge is 0.486 e. The van der Waals surface area contributed by atoms with Gasteiger partial charge >= 0.3 is 0 Å². The molecule has 0 radical (unpaired) electrons. The van der Waals surface area contributed by atoms with Gasteiger partial charge in [0.2, 0.25) is 0 Å². The topological polar surface area (TPSA) is 26.3 Å². The highest BCUT2D eigenvalue weighted by Crippen LogP contribution is 2.25. The van der Waals surface area contributed by atoms with Crippen LogP contribution in [0.4, 0.5) is 0 Å². The number of carbonyl (C=O) groups is 1. The van der Waals surface area contributed by atoms with Crippen LogP contribution in [0.3, 0.4) is 0 Å². The van der Waals surface area contributed by atoms with Crippen LogP contribution in [0.15, 0.2) is 42.5 Å². The summed E-state index contributed by atoms with van der Waals surface area (Å²) in [7, 11) is 0. The van der Waals surface area contributed by atoms with Gasteiger partial charge in [0.25, 0.3) is 0 Å². The molecular weight excluding hydrogens is 319 g/mol. The first kappa shape index (κ1) is 15.2. The Hall–Kier alpha value is -1.22. The second kappa shape index (κ2) is 6.98. The van der Waals surface area contributed by atoms with Crippen LogP contribution in [0.2, 0.25) is 15.1 Å². The molecule has 0 bridgehead atoms. The van der Waals surface area contributed by atoms with E-state index in [1.165, 1.54) is 0 Å². The zero-order valence-corrected chi connectivity index (χ0v) is 12.7. The maximum absolute atomic E-state index is 11.9. The predicted molar refractivity (Wildman–Crippen MR) is 82.1 cm³/mol. The van der Waals surface area contributed by atoms with Gasteiger partial charge in [-0.2, -0.15) is 0 Å². The first-order chi connectivity index (χ1) is 9.56. The Labute approximate surface area is 132 Å². The van der Waals surface area contributed by atoms with Crippen LogP contribution < -0.4 is 4.74 Å². The van der Waals surface area contributed by atoms with Gasteiger partial charge in [0.15, 0.2) is 5.78 Å². The normalized spacial score (nSPS) is 10.3. The molecule has 2 nitrogen and oxygen atoms in total. The highest BCUT2D eigenvalue weighted by Gasteiger charge is 2.11. The number of halogens is 3. The maximum atomic E-state index is 11.9. The number of ether oxygens (including phenoxy) is 1. The third kappa shape index (κ3) is 4.14. The Balaban J connectivity index is 1.94. The number of hydrogen-bond acceptors (Lipinski definition) is 2. The van der Waals surface area contributed by atoms with E-state index in [4.69, 9.17) is 39.5 Å². The molecule has 0 fully saturated rings. The maximum Gasteiger partial charge on any atom is 0.174 e. The van der Waals surface area contributed by atoms with Crippen LogP contribution in [-0.2, 0) is 11.2 Å². The molecule has 0 saturated carbocycles. The molecule has 5 heteroatoms. The van der Waals surface area contributed by atoms with Crippen LogP contribution >= 0.6 is 34.8 Å². The van der Waals surface area contributed by atoms with Crippen molar-refractivity contribution in [2.45, 2.75) is 6.42 Å². The molecule has 20 heavy (non-hydrogen) atoms. The second-order valence-electron chi connectivity index (χ2n) is 4.16. The molecule has 0 unspecified atom stereocenters. The van der Waals surface area contributed by atoms with Crippen LogP contribution in [0.25, 0.3) is 0 Å². The van der Waals surface area contributed by atoms with Crippen LogP contribution in [-0.4, -0.2) is 12.4 Å². The fraction of sp³-hybridized carbons (Fsp3) is 0.133. The minimum absolute atomic E-state index is 0.0385. The third-order valence-electron chi connectivity index (χ3n) is 2.65. The summed E-state index contributed by atoms with van der Waals surface area (Å²) >= 11 is 17.8. The number of benzene rings is 2. The summed E-state index contributed by atoms with van der Waals surface area (Å²) in [6, 6.07) is 12.0. The molecule has 0 aliphatic rings. The summed E-state index contributed by atoms with van der Waals surface area (Å²) in [4.78, 5) is 11.9. The van der Waals surface area contributed by atoms with Crippen molar-refractivity contribution in [3.05, 3.63) is 63.1 Å². The quantitative estimate of drug-likeness (QED) is 0.785. The third-order valence-corrected chi connectivity index (χ3v) is 3.61. The molecule has 104 valence electrons. The van der Waals surface area contributed by atoms with Gasteiger partial charge in [0, 0.05) is 21.5 Å². The lowest BCUT2D eigenvalue weighted by Gasteiger charge is -2.08. The van der Waals surface area contributed by atoms with E-state index < -0.39 is 0 Å². The Morgan fingerprint density at radius 3 is 2.15 bits per heavy atom. The van der Waals surface area contributed by atoms with Crippen molar-refractivity contribution < 1.29 is 9.53 Å². The number of ketones is 1. The molecule has 0 aliphatic carbocycles. The van der Waals surface area contributed by atoms with E-state index in [1.807, 2.05) is 0 Å². The number of hydrogen-bond donors (Lipinski definition) is 0. The summed E-state index contributed by atoms with van der Waals surface area (Å²) in [6.45, 7) is -0.0385. The Bertz CT molecular complexity index is 589. The van der Waals surface area contributed by atoms with Gasteiger partial charge < -0.3 is 4.74 Å². The highest BCUT2D eigenvalue weighted by molar-refractivity contribution is 6.36. The van der Waals surface area contributed by atoms with E-state index in [-0.39, 0.29) is 18.8 Å². The van der Waals surface area contributed by atoms with Gasteiger partial charge in [-0.05, 0) is 42.0 Å². The summed E-state index contributed by atoms with van der Waals surface area (Å²) in [5.41, 5.74) is 0.625. The van der Waals surface area contributed by atoms with Gasteiger partial charge in [-0.25, -0.2) is 0 Å². The van der Waals surface area contributed by atoms with E-state index >= 15 is 0 Å². The molecule has 0 atom stereocenters. The van der Waals surface area contributed by atoms with Gasteiger partial charge in [-0.1, -0.05) is 40.9 Å². The molecule has 0 heterocycles. The standard InChI is InChI=1S/C15H11Cl3O2/c16-10-4-6-12(7-5-10)20-9-11(19)8-13-14(17)2-1-3-15(13)18/h1-7H,8-9H2.